The highest BCUT2D eigenvalue weighted by Crippen LogP contribution is 2.15. The zero-order valence-electron chi connectivity index (χ0n) is 8.36. The maximum absolute atomic E-state index is 8.60. The van der Waals surface area contributed by atoms with Gasteiger partial charge in [0.05, 0.1) is 18.2 Å². The number of nitrogens with one attached hydrogen (secondary N) is 1. The van der Waals surface area contributed by atoms with Gasteiger partial charge in [-0.3, -0.25) is 4.98 Å². The zero-order valence-corrected chi connectivity index (χ0v) is 8.36. The van der Waals surface area contributed by atoms with Crippen LogP contribution in [0.25, 0.3) is 11.5 Å². The van der Waals surface area contributed by atoms with E-state index in [1.54, 1.807) is 6.20 Å². The van der Waals surface area contributed by atoms with Crippen molar-refractivity contribution in [2.45, 2.75) is 13.3 Å². The van der Waals surface area contributed by atoms with E-state index in [4.69, 9.17) is 5.26 Å². The van der Waals surface area contributed by atoms with Gasteiger partial charge in [0.25, 0.3) is 0 Å². The lowest BCUT2D eigenvalue weighted by molar-refractivity contribution is 1.12. The second kappa shape index (κ2) is 3.93. The minimum Gasteiger partial charge on any atom is -0.341 e. The molecule has 0 fully saturated rings. The highest BCUT2D eigenvalue weighted by molar-refractivity contribution is 5.50. The first kappa shape index (κ1) is 9.41. The average Bonchev–Trinajstić information content (AvgIpc) is 2.63. The summed E-state index contributed by atoms with van der Waals surface area (Å²) in [5.41, 5.74) is 2.51. The van der Waals surface area contributed by atoms with E-state index in [2.05, 4.69) is 21.0 Å². The predicted octanol–water partition coefficient (Wildman–Crippen LogP) is 1.85. The van der Waals surface area contributed by atoms with E-state index in [-0.39, 0.29) is 0 Å². The van der Waals surface area contributed by atoms with Crippen molar-refractivity contribution in [3.63, 3.8) is 0 Å². The highest BCUT2D eigenvalue weighted by atomic mass is 15.0. The van der Waals surface area contributed by atoms with E-state index in [9.17, 15) is 0 Å². The first-order chi connectivity index (χ1) is 7.31. The van der Waals surface area contributed by atoms with Crippen LogP contribution in [-0.4, -0.2) is 15.0 Å². The van der Waals surface area contributed by atoms with Gasteiger partial charge in [-0.25, -0.2) is 4.98 Å². The van der Waals surface area contributed by atoms with Gasteiger partial charge in [0.2, 0.25) is 0 Å². The molecule has 0 radical (unpaired) electrons. The van der Waals surface area contributed by atoms with E-state index in [1.807, 2.05) is 25.1 Å². The molecule has 2 heterocycles. The van der Waals surface area contributed by atoms with Gasteiger partial charge in [-0.15, -0.1) is 0 Å². The van der Waals surface area contributed by atoms with Crippen molar-refractivity contribution >= 4 is 0 Å². The van der Waals surface area contributed by atoms with Crippen LogP contribution in [0, 0.1) is 18.3 Å². The fourth-order valence-corrected chi connectivity index (χ4v) is 1.37. The molecule has 2 aromatic heterocycles. The normalized spacial score (nSPS) is 9.87. The van der Waals surface area contributed by atoms with Crippen LogP contribution >= 0.6 is 0 Å². The lowest BCUT2D eigenvalue weighted by atomic mass is 10.3. The first-order valence-electron chi connectivity index (χ1n) is 4.65. The number of hydrogen-bond donors (Lipinski definition) is 1. The molecule has 2 rings (SSSR count). The summed E-state index contributed by atoms with van der Waals surface area (Å²) in [4.78, 5) is 11.6. The molecular weight excluding hydrogens is 188 g/mol. The van der Waals surface area contributed by atoms with Gasteiger partial charge in [0.15, 0.2) is 5.82 Å². The largest absolute Gasteiger partial charge is 0.341 e. The topological polar surface area (TPSA) is 65.4 Å². The van der Waals surface area contributed by atoms with Crippen molar-refractivity contribution in [2.75, 3.05) is 0 Å². The monoisotopic (exact) mass is 198 g/mol. The quantitative estimate of drug-likeness (QED) is 0.800. The Morgan fingerprint density at radius 3 is 3.00 bits per heavy atom. The summed E-state index contributed by atoms with van der Waals surface area (Å²) in [5, 5.41) is 8.60. The number of pyridine rings is 1. The summed E-state index contributed by atoms with van der Waals surface area (Å²) in [6.45, 7) is 1.91. The molecule has 0 spiro atoms. The second-order valence-corrected chi connectivity index (χ2v) is 3.21. The van der Waals surface area contributed by atoms with Gasteiger partial charge in [0, 0.05) is 11.9 Å². The highest BCUT2D eigenvalue weighted by Gasteiger charge is 2.08. The fourth-order valence-electron chi connectivity index (χ4n) is 1.37. The van der Waals surface area contributed by atoms with Crippen LogP contribution in [0.4, 0.5) is 0 Å². The maximum atomic E-state index is 8.60. The summed E-state index contributed by atoms with van der Waals surface area (Å²) in [6, 6.07) is 7.73. The number of aromatic amines is 1. The summed E-state index contributed by atoms with van der Waals surface area (Å²) < 4.78 is 0. The van der Waals surface area contributed by atoms with Crippen molar-refractivity contribution in [1.29, 1.82) is 5.26 Å². The molecule has 0 saturated carbocycles. The fraction of sp³-hybridized carbons (Fsp3) is 0.182. The number of aromatic nitrogens is 3. The SMILES string of the molecule is Cc1[nH]c(-c2ccccn2)nc1CC#N. The van der Waals surface area contributed by atoms with Gasteiger partial charge >= 0.3 is 0 Å². The number of hydrogen-bond acceptors (Lipinski definition) is 3. The molecule has 0 aliphatic rings. The van der Waals surface area contributed by atoms with Crippen LogP contribution in [0.1, 0.15) is 11.4 Å². The van der Waals surface area contributed by atoms with Crippen LogP contribution in [0.3, 0.4) is 0 Å². The van der Waals surface area contributed by atoms with Gasteiger partial charge in [-0.05, 0) is 19.1 Å². The summed E-state index contributed by atoms with van der Waals surface area (Å²) in [7, 11) is 0. The Labute approximate surface area is 87.6 Å². The zero-order chi connectivity index (χ0) is 10.7. The van der Waals surface area contributed by atoms with E-state index < -0.39 is 0 Å². The summed E-state index contributed by atoms with van der Waals surface area (Å²) >= 11 is 0. The molecule has 74 valence electrons. The van der Waals surface area contributed by atoms with Crippen molar-refractivity contribution in [1.82, 2.24) is 15.0 Å². The van der Waals surface area contributed by atoms with E-state index in [1.165, 1.54) is 0 Å². The molecule has 1 N–H and O–H groups in total. The molecule has 0 aliphatic heterocycles. The molecule has 0 unspecified atom stereocenters. The standard InChI is InChI=1S/C11H10N4/c1-8-9(5-6-12)15-11(14-8)10-4-2-3-7-13-10/h2-4,7H,5H2,1H3,(H,14,15). The van der Waals surface area contributed by atoms with Crippen LogP contribution in [0.5, 0.6) is 0 Å². The molecule has 0 aromatic carbocycles. The van der Waals surface area contributed by atoms with Crippen molar-refractivity contribution in [3.8, 4) is 17.6 Å². The first-order valence-corrected chi connectivity index (χ1v) is 4.65. The molecule has 15 heavy (non-hydrogen) atoms. The van der Waals surface area contributed by atoms with E-state index in [0.29, 0.717) is 6.42 Å². The van der Waals surface area contributed by atoms with Crippen molar-refractivity contribution in [2.24, 2.45) is 0 Å². The third-order valence-corrected chi connectivity index (χ3v) is 2.14. The van der Waals surface area contributed by atoms with E-state index in [0.717, 1.165) is 22.9 Å². The lowest BCUT2D eigenvalue weighted by Gasteiger charge is -1.92. The molecule has 0 bridgehead atoms. The summed E-state index contributed by atoms with van der Waals surface area (Å²) in [5.74, 6) is 0.721. The average molecular weight is 198 g/mol. The number of imidazole rings is 1. The van der Waals surface area contributed by atoms with Crippen LogP contribution in [-0.2, 0) is 6.42 Å². The molecule has 0 saturated heterocycles. The lowest BCUT2D eigenvalue weighted by Crippen LogP contribution is -1.85. The Bertz CT molecular complexity index is 493. The van der Waals surface area contributed by atoms with Crippen LogP contribution in [0.15, 0.2) is 24.4 Å². The maximum Gasteiger partial charge on any atom is 0.156 e. The third-order valence-electron chi connectivity index (χ3n) is 2.14. The second-order valence-electron chi connectivity index (χ2n) is 3.21. The van der Waals surface area contributed by atoms with Gasteiger partial charge < -0.3 is 4.98 Å². The Kier molecular flexibility index (Phi) is 2.46. The minimum atomic E-state index is 0.329. The van der Waals surface area contributed by atoms with Crippen LogP contribution < -0.4 is 0 Å². The molecule has 0 atom stereocenters. The number of nitrogens with zero attached hydrogens (tertiary/aromatic N) is 3. The molecular formula is C11H10N4. The van der Waals surface area contributed by atoms with Gasteiger partial charge in [0.1, 0.15) is 5.69 Å². The number of aryl methyl sites for hydroxylation is 1. The Morgan fingerprint density at radius 2 is 2.33 bits per heavy atom. The molecule has 4 nitrogen and oxygen atoms in total. The smallest absolute Gasteiger partial charge is 0.156 e. The summed E-state index contributed by atoms with van der Waals surface area (Å²) in [6.07, 6.45) is 2.05. The molecule has 0 aliphatic carbocycles. The molecule has 2 aromatic rings. The van der Waals surface area contributed by atoms with Crippen LogP contribution in [0.2, 0.25) is 0 Å². The molecule has 4 heteroatoms. The number of rotatable bonds is 2. The van der Waals surface area contributed by atoms with Gasteiger partial charge in [-0.2, -0.15) is 5.26 Å². The number of nitriles is 1. The molecule has 0 amide bonds. The van der Waals surface area contributed by atoms with E-state index >= 15 is 0 Å². The number of H-pyrrole nitrogens is 1. The van der Waals surface area contributed by atoms with Gasteiger partial charge in [-0.1, -0.05) is 6.07 Å². The third kappa shape index (κ3) is 1.86. The minimum absolute atomic E-state index is 0.329. The van der Waals surface area contributed by atoms with Crippen molar-refractivity contribution in [3.05, 3.63) is 35.8 Å². The Hall–Kier alpha value is -2.15. The van der Waals surface area contributed by atoms with Crippen molar-refractivity contribution < 1.29 is 0 Å². The Balaban J connectivity index is 2.40. The Morgan fingerprint density at radius 1 is 1.47 bits per heavy atom. The predicted molar refractivity (Wildman–Crippen MR) is 55.9 cm³/mol.